The van der Waals surface area contributed by atoms with E-state index in [1.165, 1.54) is 11.3 Å². The lowest BCUT2D eigenvalue weighted by molar-refractivity contribution is -0.161. The molecule has 0 saturated carbocycles. The normalized spacial score (nSPS) is 20.3. The average Bonchev–Trinajstić information content (AvgIpc) is 2.73. The van der Waals surface area contributed by atoms with Crippen molar-refractivity contribution in [2.24, 2.45) is 5.92 Å². The van der Waals surface area contributed by atoms with Crippen LogP contribution in [0.15, 0.2) is 24.3 Å². The Morgan fingerprint density at radius 1 is 1.09 bits per heavy atom. The van der Waals surface area contributed by atoms with Crippen molar-refractivity contribution in [3.63, 3.8) is 0 Å². The minimum atomic E-state index is -0.676. The molecule has 2 fully saturated rings. The van der Waals surface area contributed by atoms with Gasteiger partial charge >= 0.3 is 0 Å². The first-order valence-corrected chi connectivity index (χ1v) is 11.9. The third-order valence-corrected chi connectivity index (χ3v) is 6.79. The van der Waals surface area contributed by atoms with Crippen LogP contribution in [-0.4, -0.2) is 66.9 Å². The number of carbonyl (C=O) groups excluding carboxylic acids is 2. The molecule has 188 valence electrons. The van der Waals surface area contributed by atoms with Gasteiger partial charge in [-0.2, -0.15) is 0 Å². The standard InChI is InChI=1S/C25H40N4O2.2ClH/c1-6-7-14-29-23(30)22(17-19(2)3)26-24(31)25(29)12-15-28(16-13-25)18-20-8-10-21(11-9-20)27(4)5;;/h8-11,19,22H,6-7,12-18H2,1-5H3,(H,26,31);2*1H/t22-;;/m0../s1. The number of halogens is 2. The predicted octanol–water partition coefficient (Wildman–Crippen LogP) is 4.10. The van der Waals surface area contributed by atoms with Crippen molar-refractivity contribution in [3.8, 4) is 0 Å². The van der Waals surface area contributed by atoms with Gasteiger partial charge in [-0.05, 0) is 49.3 Å². The number of benzene rings is 1. The van der Waals surface area contributed by atoms with Crippen LogP contribution in [0.2, 0.25) is 0 Å². The molecule has 2 aliphatic heterocycles. The van der Waals surface area contributed by atoms with Gasteiger partial charge in [0.2, 0.25) is 11.8 Å². The number of nitrogens with zero attached hydrogens (tertiary/aromatic N) is 3. The third kappa shape index (κ3) is 6.77. The van der Waals surface area contributed by atoms with Crippen LogP contribution in [0.1, 0.15) is 58.4 Å². The molecule has 0 aliphatic carbocycles. The highest BCUT2D eigenvalue weighted by molar-refractivity contribution is 6.00. The number of carbonyl (C=O) groups is 2. The van der Waals surface area contributed by atoms with Crippen molar-refractivity contribution in [3.05, 3.63) is 29.8 Å². The zero-order chi connectivity index (χ0) is 22.6. The Morgan fingerprint density at radius 2 is 1.70 bits per heavy atom. The van der Waals surface area contributed by atoms with Crippen LogP contribution in [0.25, 0.3) is 0 Å². The number of rotatable bonds is 8. The fourth-order valence-corrected chi connectivity index (χ4v) is 4.88. The Hall–Kier alpha value is -1.50. The molecule has 0 radical (unpaired) electrons. The van der Waals surface area contributed by atoms with Crippen molar-refractivity contribution in [1.29, 1.82) is 0 Å². The minimum Gasteiger partial charge on any atom is -0.378 e. The van der Waals surface area contributed by atoms with Gasteiger partial charge in [0, 0.05) is 46.0 Å². The molecule has 0 bridgehead atoms. The van der Waals surface area contributed by atoms with Crippen LogP contribution in [0, 0.1) is 5.92 Å². The molecule has 1 spiro atoms. The monoisotopic (exact) mass is 500 g/mol. The quantitative estimate of drug-likeness (QED) is 0.583. The molecule has 3 rings (SSSR count). The lowest BCUT2D eigenvalue weighted by Gasteiger charge is -2.52. The van der Waals surface area contributed by atoms with E-state index in [1.54, 1.807) is 0 Å². The van der Waals surface area contributed by atoms with Crippen molar-refractivity contribution < 1.29 is 9.59 Å². The summed E-state index contributed by atoms with van der Waals surface area (Å²) < 4.78 is 0. The van der Waals surface area contributed by atoms with E-state index in [0.29, 0.717) is 31.7 Å². The Morgan fingerprint density at radius 3 is 2.21 bits per heavy atom. The lowest BCUT2D eigenvalue weighted by atomic mass is 9.80. The van der Waals surface area contributed by atoms with Crippen LogP contribution in [0.3, 0.4) is 0 Å². The molecule has 33 heavy (non-hydrogen) atoms. The number of piperidine rings is 1. The summed E-state index contributed by atoms with van der Waals surface area (Å²) in [5.41, 5.74) is 1.80. The summed E-state index contributed by atoms with van der Waals surface area (Å²) in [6, 6.07) is 8.29. The molecule has 1 atom stereocenters. The summed E-state index contributed by atoms with van der Waals surface area (Å²) in [6.07, 6.45) is 4.08. The van der Waals surface area contributed by atoms with Crippen LogP contribution >= 0.6 is 24.8 Å². The molecule has 1 N–H and O–H groups in total. The van der Waals surface area contributed by atoms with Crippen molar-refractivity contribution in [1.82, 2.24) is 15.1 Å². The van der Waals surface area contributed by atoms with E-state index in [-0.39, 0.29) is 42.7 Å². The molecule has 6 nitrogen and oxygen atoms in total. The van der Waals surface area contributed by atoms with Crippen LogP contribution < -0.4 is 10.2 Å². The third-order valence-electron chi connectivity index (χ3n) is 6.79. The molecule has 1 aromatic rings. The Bertz CT molecular complexity index is 762. The van der Waals surface area contributed by atoms with Crippen LogP contribution in [0.4, 0.5) is 5.69 Å². The zero-order valence-electron chi connectivity index (χ0n) is 20.8. The second-order valence-corrected chi connectivity index (χ2v) is 9.87. The van der Waals surface area contributed by atoms with Crippen LogP contribution in [-0.2, 0) is 16.1 Å². The number of likely N-dealkylation sites (tertiary alicyclic amines) is 1. The maximum atomic E-state index is 13.3. The first kappa shape index (κ1) is 29.5. The molecule has 2 saturated heterocycles. The smallest absolute Gasteiger partial charge is 0.246 e. The van der Waals surface area contributed by atoms with E-state index in [1.807, 2.05) is 19.0 Å². The maximum Gasteiger partial charge on any atom is 0.246 e. The number of hydrogen-bond acceptors (Lipinski definition) is 4. The Balaban J connectivity index is 0.00000272. The van der Waals surface area contributed by atoms with Gasteiger partial charge in [-0.1, -0.05) is 39.3 Å². The van der Waals surface area contributed by atoms with Gasteiger partial charge < -0.3 is 15.1 Å². The zero-order valence-corrected chi connectivity index (χ0v) is 22.4. The molecule has 8 heteroatoms. The van der Waals surface area contributed by atoms with E-state index >= 15 is 0 Å². The Labute approximate surface area is 212 Å². The highest BCUT2D eigenvalue weighted by atomic mass is 35.5. The molecule has 2 aliphatic rings. The van der Waals surface area contributed by atoms with Gasteiger partial charge in [-0.15, -0.1) is 24.8 Å². The van der Waals surface area contributed by atoms with Gasteiger partial charge in [-0.25, -0.2) is 0 Å². The summed E-state index contributed by atoms with van der Waals surface area (Å²) in [5.74, 6) is 0.551. The number of unbranched alkanes of at least 4 members (excludes halogenated alkanes) is 1. The van der Waals surface area contributed by atoms with Gasteiger partial charge in [0.1, 0.15) is 11.6 Å². The fraction of sp³-hybridized carbons (Fsp3) is 0.680. The van der Waals surface area contributed by atoms with E-state index in [9.17, 15) is 9.59 Å². The summed E-state index contributed by atoms with van der Waals surface area (Å²) in [5, 5.41) is 3.09. The maximum absolute atomic E-state index is 13.3. The van der Waals surface area contributed by atoms with Gasteiger partial charge in [0.15, 0.2) is 0 Å². The number of nitrogens with one attached hydrogen (secondary N) is 1. The first-order chi connectivity index (χ1) is 14.8. The Kier molecular flexibility index (Phi) is 11.5. The highest BCUT2D eigenvalue weighted by Gasteiger charge is 2.53. The van der Waals surface area contributed by atoms with Crippen molar-refractivity contribution >= 4 is 42.3 Å². The summed E-state index contributed by atoms with van der Waals surface area (Å²) in [6.45, 7) is 9.55. The predicted molar refractivity (Wildman–Crippen MR) is 141 cm³/mol. The fourth-order valence-electron chi connectivity index (χ4n) is 4.88. The van der Waals surface area contributed by atoms with E-state index < -0.39 is 5.54 Å². The van der Waals surface area contributed by atoms with E-state index in [2.05, 4.69) is 60.2 Å². The van der Waals surface area contributed by atoms with Gasteiger partial charge in [0.05, 0.1) is 0 Å². The lowest BCUT2D eigenvalue weighted by Crippen LogP contribution is -2.73. The second kappa shape index (κ2) is 12.8. The topological polar surface area (TPSA) is 55.9 Å². The van der Waals surface area contributed by atoms with Gasteiger partial charge in [0.25, 0.3) is 0 Å². The average molecular weight is 502 g/mol. The van der Waals surface area contributed by atoms with Crippen molar-refractivity contribution in [2.45, 2.75) is 71.0 Å². The minimum absolute atomic E-state index is 0. The largest absolute Gasteiger partial charge is 0.378 e. The molecule has 0 aromatic heterocycles. The molecule has 2 heterocycles. The molecule has 2 amide bonds. The molecule has 1 aromatic carbocycles. The van der Waals surface area contributed by atoms with Gasteiger partial charge in [-0.3, -0.25) is 14.5 Å². The molecule has 0 unspecified atom stereocenters. The second-order valence-electron chi connectivity index (χ2n) is 9.87. The summed E-state index contributed by atoms with van der Waals surface area (Å²) >= 11 is 0. The van der Waals surface area contributed by atoms with E-state index in [0.717, 1.165) is 32.5 Å². The number of piperazine rings is 1. The van der Waals surface area contributed by atoms with Crippen LogP contribution in [0.5, 0.6) is 0 Å². The molecular weight excluding hydrogens is 459 g/mol. The number of amides is 2. The molecular formula is C25H42Cl2N4O2. The SMILES string of the molecule is CCCCN1C(=O)[C@H](CC(C)C)NC(=O)C12CCN(Cc1ccc(N(C)C)cc1)CC2.Cl.Cl. The van der Waals surface area contributed by atoms with Crippen molar-refractivity contribution in [2.75, 3.05) is 38.6 Å². The highest BCUT2D eigenvalue weighted by Crippen LogP contribution is 2.34. The number of hydrogen-bond donors (Lipinski definition) is 1. The van der Waals surface area contributed by atoms with E-state index in [4.69, 9.17) is 0 Å². The summed E-state index contributed by atoms with van der Waals surface area (Å²) in [7, 11) is 4.09. The number of anilines is 1. The first-order valence-electron chi connectivity index (χ1n) is 11.9. The summed E-state index contributed by atoms with van der Waals surface area (Å²) in [4.78, 5) is 33.1.